The van der Waals surface area contributed by atoms with Gasteiger partial charge in [0.1, 0.15) is 23.1 Å². The van der Waals surface area contributed by atoms with Crippen molar-refractivity contribution in [1.82, 2.24) is 19.1 Å². The molecule has 0 saturated heterocycles. The van der Waals surface area contributed by atoms with Gasteiger partial charge in [0, 0.05) is 36.1 Å². The van der Waals surface area contributed by atoms with E-state index in [2.05, 4.69) is 9.97 Å². The second kappa shape index (κ2) is 17.3. The predicted molar refractivity (Wildman–Crippen MR) is 235 cm³/mol. The molecule has 0 radical (unpaired) electrons. The van der Waals surface area contributed by atoms with Gasteiger partial charge >= 0.3 is 18.5 Å². The first kappa shape index (κ1) is 44.3. The zero-order valence-electron chi connectivity index (χ0n) is 34.7. The van der Waals surface area contributed by atoms with Gasteiger partial charge in [-0.1, -0.05) is 99.4 Å². The smallest absolute Gasteiger partial charge is 0.395 e. The maximum Gasteiger partial charge on any atom is 0.519 e. The molecule has 8 rings (SSSR count). The number of carbonyl (C=O) groups excluding carboxylic acids is 1. The van der Waals surface area contributed by atoms with E-state index in [1.807, 2.05) is 110 Å². The first-order chi connectivity index (χ1) is 30.4. The van der Waals surface area contributed by atoms with Crippen molar-refractivity contribution in [2.75, 3.05) is 0 Å². The molecule has 2 unspecified atom stereocenters. The Morgan fingerprint density at radius 3 is 1.16 bits per heavy atom. The van der Waals surface area contributed by atoms with Gasteiger partial charge in [0.2, 0.25) is 0 Å². The summed E-state index contributed by atoms with van der Waals surface area (Å²) in [6.07, 6.45) is -9.11. The molecule has 0 fully saturated rings. The third-order valence-electron chi connectivity index (χ3n) is 11.3. The summed E-state index contributed by atoms with van der Waals surface area (Å²) in [5.41, 5.74) is 4.89. The fraction of sp³-hybridized carbons (Fsp3) is 0.204. The highest BCUT2D eigenvalue weighted by atomic mass is 35.5. The van der Waals surface area contributed by atoms with Crippen LogP contribution in [0.5, 0.6) is 11.5 Å². The standard InChI is InChI=1S/C49H38Cl2F6N4O3/c1-5-45-58-41-23-37(48(52,53)54)39(50)25-43(41)60(45)33-15-7-29(8-16-33)27(3)31-11-19-35(20-12-31)63-47(62)64-36-21-13-32(14-22-36)28(4)30-9-17-34(18-10-30)61-44-26-40(51)38(49(55,56)57)24-42(44)59-46(61)6-2/h7-28H,5-6H2,1-4H3. The van der Waals surface area contributed by atoms with Crippen LogP contribution in [-0.4, -0.2) is 25.3 Å². The van der Waals surface area contributed by atoms with Crippen LogP contribution in [0.25, 0.3) is 33.4 Å². The van der Waals surface area contributed by atoms with Gasteiger partial charge in [-0.15, -0.1) is 0 Å². The number of aromatic nitrogens is 4. The summed E-state index contributed by atoms with van der Waals surface area (Å²) >= 11 is 12.1. The molecule has 15 heteroatoms. The Labute approximate surface area is 373 Å². The van der Waals surface area contributed by atoms with Crippen molar-refractivity contribution in [1.29, 1.82) is 0 Å². The molecule has 0 saturated carbocycles. The van der Waals surface area contributed by atoms with Gasteiger partial charge < -0.3 is 9.47 Å². The minimum atomic E-state index is -4.60. The molecule has 0 aliphatic heterocycles. The number of halogens is 8. The molecule has 2 atom stereocenters. The Balaban J connectivity index is 0.887. The first-order valence-corrected chi connectivity index (χ1v) is 21.1. The number of hydrogen-bond acceptors (Lipinski definition) is 5. The summed E-state index contributed by atoms with van der Waals surface area (Å²) in [6, 6.07) is 34.1. The molecule has 328 valence electrons. The van der Waals surface area contributed by atoms with Gasteiger partial charge in [0.05, 0.1) is 43.2 Å². The van der Waals surface area contributed by atoms with Crippen LogP contribution in [0.2, 0.25) is 10.0 Å². The zero-order chi connectivity index (χ0) is 45.7. The van der Waals surface area contributed by atoms with E-state index in [9.17, 15) is 31.1 Å². The van der Waals surface area contributed by atoms with Crippen molar-refractivity contribution < 1.29 is 40.6 Å². The molecule has 0 N–H and O–H groups in total. The van der Waals surface area contributed by atoms with Crippen LogP contribution in [0, 0.1) is 0 Å². The summed E-state index contributed by atoms with van der Waals surface area (Å²) in [5.74, 6) is 1.69. The van der Waals surface area contributed by atoms with E-state index in [1.165, 1.54) is 12.1 Å². The number of benzene rings is 6. The summed E-state index contributed by atoms with van der Waals surface area (Å²) in [5, 5.41) is -0.783. The highest BCUT2D eigenvalue weighted by Crippen LogP contribution is 2.40. The van der Waals surface area contributed by atoms with Gasteiger partial charge in [-0.05, 0) is 95.1 Å². The van der Waals surface area contributed by atoms with Gasteiger partial charge in [0.15, 0.2) is 0 Å². The Kier molecular flexibility index (Phi) is 12.0. The molecule has 2 aromatic heterocycles. The number of nitrogens with zero attached hydrogens (tertiary/aromatic N) is 4. The highest BCUT2D eigenvalue weighted by Gasteiger charge is 2.35. The van der Waals surface area contributed by atoms with Crippen molar-refractivity contribution in [2.45, 2.75) is 64.7 Å². The lowest BCUT2D eigenvalue weighted by Gasteiger charge is -2.16. The SMILES string of the molecule is CCc1nc2cc(C(F)(F)F)c(Cl)cc2n1-c1ccc(C(C)c2ccc(OC(=O)Oc3ccc(C(C)c4ccc(-n5c(CC)nc6cc(C(F)(F)F)c(Cl)cc65)cc4)cc3)cc2)cc1. The summed E-state index contributed by atoms with van der Waals surface area (Å²) in [6.45, 7) is 7.83. The highest BCUT2D eigenvalue weighted by molar-refractivity contribution is 6.32. The number of aryl methyl sites for hydroxylation is 2. The molecule has 7 nitrogen and oxygen atoms in total. The Morgan fingerprint density at radius 2 is 0.859 bits per heavy atom. The topological polar surface area (TPSA) is 71.2 Å². The van der Waals surface area contributed by atoms with Crippen molar-refractivity contribution in [3.05, 3.63) is 176 Å². The number of ether oxygens (including phenoxy) is 2. The van der Waals surface area contributed by atoms with Gasteiger partial charge in [-0.2, -0.15) is 26.3 Å². The molecule has 0 bridgehead atoms. The fourth-order valence-corrected chi connectivity index (χ4v) is 8.38. The molecule has 0 aliphatic carbocycles. The second-order valence-electron chi connectivity index (χ2n) is 15.3. The molecule has 2 heterocycles. The molecule has 8 aromatic rings. The molecule has 6 aromatic carbocycles. The van der Waals surface area contributed by atoms with E-state index in [-0.39, 0.29) is 22.9 Å². The lowest BCUT2D eigenvalue weighted by Crippen LogP contribution is -2.13. The third kappa shape index (κ3) is 8.79. The second-order valence-corrected chi connectivity index (χ2v) is 16.1. The van der Waals surface area contributed by atoms with E-state index in [1.54, 1.807) is 24.3 Å². The molecular weight excluding hydrogens is 877 g/mol. The van der Waals surface area contributed by atoms with Gasteiger partial charge in [-0.3, -0.25) is 9.13 Å². The lowest BCUT2D eigenvalue weighted by molar-refractivity contribution is -0.138. The number of imidazole rings is 2. The third-order valence-corrected chi connectivity index (χ3v) is 12.0. The van der Waals surface area contributed by atoms with Crippen LogP contribution in [0.15, 0.2) is 121 Å². The maximum absolute atomic E-state index is 13.5. The quantitative estimate of drug-likeness (QED) is 0.0776. The van der Waals surface area contributed by atoms with Crippen LogP contribution in [0.4, 0.5) is 31.1 Å². The van der Waals surface area contributed by atoms with Crippen molar-refractivity contribution >= 4 is 51.4 Å². The largest absolute Gasteiger partial charge is 0.519 e. The van der Waals surface area contributed by atoms with E-state index in [0.29, 0.717) is 47.0 Å². The number of fused-ring (bicyclic) bond motifs is 2. The minimum absolute atomic E-state index is 0.0492. The average molecular weight is 916 g/mol. The van der Waals surface area contributed by atoms with Crippen molar-refractivity contribution in [3.8, 4) is 22.9 Å². The van der Waals surface area contributed by atoms with E-state index < -0.39 is 39.7 Å². The van der Waals surface area contributed by atoms with E-state index in [0.717, 1.165) is 45.8 Å². The lowest BCUT2D eigenvalue weighted by atomic mass is 9.93. The molecule has 0 spiro atoms. The Morgan fingerprint density at radius 1 is 0.547 bits per heavy atom. The van der Waals surface area contributed by atoms with Gasteiger partial charge in [-0.25, -0.2) is 14.8 Å². The van der Waals surface area contributed by atoms with Crippen LogP contribution in [0.3, 0.4) is 0 Å². The summed E-state index contributed by atoms with van der Waals surface area (Å²) in [7, 11) is 0. The minimum Gasteiger partial charge on any atom is -0.395 e. The molecule has 0 aliphatic rings. The first-order valence-electron chi connectivity index (χ1n) is 20.3. The maximum atomic E-state index is 13.5. The molecule has 64 heavy (non-hydrogen) atoms. The Bertz CT molecular complexity index is 2800. The van der Waals surface area contributed by atoms with Crippen LogP contribution in [0.1, 0.15) is 84.6 Å². The van der Waals surface area contributed by atoms with Gasteiger partial charge in [0.25, 0.3) is 0 Å². The Hall–Kier alpha value is -6.31. The summed E-state index contributed by atoms with van der Waals surface area (Å²) in [4.78, 5) is 21.7. The number of carbonyl (C=O) groups is 1. The normalized spacial score (nSPS) is 13.1. The molecule has 0 amide bonds. The predicted octanol–water partition coefficient (Wildman–Crippen LogP) is 14.7. The van der Waals surface area contributed by atoms with E-state index in [4.69, 9.17) is 32.7 Å². The number of hydrogen-bond donors (Lipinski definition) is 0. The van der Waals surface area contributed by atoms with Crippen LogP contribution in [-0.2, 0) is 25.2 Å². The fourth-order valence-electron chi connectivity index (χ4n) is 7.85. The van der Waals surface area contributed by atoms with E-state index >= 15 is 0 Å². The molecular formula is C49H38Cl2F6N4O3. The summed E-state index contributed by atoms with van der Waals surface area (Å²) < 4.78 is 95.6. The van der Waals surface area contributed by atoms with Crippen molar-refractivity contribution in [2.24, 2.45) is 0 Å². The monoisotopic (exact) mass is 914 g/mol. The zero-order valence-corrected chi connectivity index (χ0v) is 36.2. The van der Waals surface area contributed by atoms with Crippen molar-refractivity contribution in [3.63, 3.8) is 0 Å². The average Bonchev–Trinajstić information content (AvgIpc) is 3.82. The number of rotatable bonds is 10. The van der Waals surface area contributed by atoms with Crippen LogP contribution < -0.4 is 9.47 Å². The number of alkyl halides is 6. The van der Waals surface area contributed by atoms with Crippen LogP contribution >= 0.6 is 23.2 Å².